The molecule has 0 bridgehead atoms. The first-order chi connectivity index (χ1) is 15.2. The molecule has 0 aliphatic heterocycles. The molecule has 31 heavy (non-hydrogen) atoms. The molecule has 0 spiro atoms. The molecule has 0 aromatic heterocycles. The maximum Gasteiger partial charge on any atom is 0.234 e. The summed E-state index contributed by atoms with van der Waals surface area (Å²) >= 11 is 0. The van der Waals surface area contributed by atoms with E-state index >= 15 is 0 Å². The smallest absolute Gasteiger partial charge is 0.234 e. The van der Waals surface area contributed by atoms with Crippen LogP contribution in [0.4, 0.5) is 0 Å². The molecule has 0 saturated carbocycles. The lowest BCUT2D eigenvalue weighted by Gasteiger charge is -2.20. The summed E-state index contributed by atoms with van der Waals surface area (Å²) in [7, 11) is 3.24. The number of carbonyl (C=O) groups is 1. The topological polar surface area (TPSA) is 68.8 Å². The van der Waals surface area contributed by atoms with E-state index in [2.05, 4.69) is 10.6 Å². The molecule has 0 fully saturated rings. The van der Waals surface area contributed by atoms with Crippen molar-refractivity contribution in [2.24, 2.45) is 0 Å². The Hall–Kier alpha value is -3.51. The van der Waals surface area contributed by atoms with Crippen LogP contribution >= 0.6 is 0 Å². The summed E-state index contributed by atoms with van der Waals surface area (Å²) in [5.74, 6) is 2.05. The third-order valence-corrected chi connectivity index (χ3v) is 4.78. The van der Waals surface area contributed by atoms with E-state index in [-0.39, 0.29) is 18.5 Å². The first-order valence-electron chi connectivity index (χ1n) is 10.2. The minimum absolute atomic E-state index is 0.0954. The van der Waals surface area contributed by atoms with Gasteiger partial charge in [-0.2, -0.15) is 0 Å². The number of hydrogen-bond donors (Lipinski definition) is 2. The van der Waals surface area contributed by atoms with E-state index in [4.69, 9.17) is 14.2 Å². The molecule has 6 nitrogen and oxygen atoms in total. The highest BCUT2D eigenvalue weighted by molar-refractivity contribution is 5.79. The molecule has 6 heteroatoms. The predicted molar refractivity (Wildman–Crippen MR) is 121 cm³/mol. The molecule has 1 atom stereocenters. The molecule has 3 aromatic carbocycles. The summed E-state index contributed by atoms with van der Waals surface area (Å²) in [4.78, 5) is 12.6. The zero-order valence-corrected chi connectivity index (χ0v) is 17.8. The van der Waals surface area contributed by atoms with Crippen LogP contribution in [0.25, 0.3) is 0 Å². The average molecular weight is 421 g/mol. The largest absolute Gasteiger partial charge is 0.497 e. The molecule has 162 valence electrons. The number of rotatable bonds is 11. The molecule has 3 rings (SSSR count). The van der Waals surface area contributed by atoms with E-state index in [0.717, 1.165) is 16.9 Å². The van der Waals surface area contributed by atoms with Crippen molar-refractivity contribution in [1.82, 2.24) is 10.6 Å². The van der Waals surface area contributed by atoms with E-state index in [1.165, 1.54) is 0 Å². The van der Waals surface area contributed by atoms with Crippen molar-refractivity contribution >= 4 is 5.91 Å². The Bertz CT molecular complexity index is 945. The number of nitrogens with one attached hydrogen (secondary N) is 2. The van der Waals surface area contributed by atoms with Crippen molar-refractivity contribution < 1.29 is 19.0 Å². The fraction of sp³-hybridized carbons (Fsp3) is 0.240. The van der Waals surface area contributed by atoms with Crippen LogP contribution < -0.4 is 24.8 Å². The van der Waals surface area contributed by atoms with Gasteiger partial charge in [-0.3, -0.25) is 4.79 Å². The van der Waals surface area contributed by atoms with E-state index < -0.39 is 0 Å². The number of amides is 1. The van der Waals surface area contributed by atoms with Gasteiger partial charge in [0.2, 0.25) is 5.91 Å². The van der Waals surface area contributed by atoms with Crippen molar-refractivity contribution in [2.75, 3.05) is 33.9 Å². The number of ether oxygens (including phenoxy) is 3. The third-order valence-electron chi connectivity index (χ3n) is 4.78. The monoisotopic (exact) mass is 420 g/mol. The first kappa shape index (κ1) is 22.2. The van der Waals surface area contributed by atoms with Crippen LogP contribution in [-0.4, -0.2) is 39.8 Å². The maximum atomic E-state index is 12.6. The quantitative estimate of drug-likeness (QED) is 0.464. The lowest BCUT2D eigenvalue weighted by atomic mass is 9.98. The van der Waals surface area contributed by atoms with Gasteiger partial charge in [-0.1, -0.05) is 54.6 Å². The number of methoxy groups -OCH3 is 2. The summed E-state index contributed by atoms with van der Waals surface area (Å²) < 4.78 is 16.2. The second-order valence-electron chi connectivity index (χ2n) is 6.86. The molecule has 0 unspecified atom stereocenters. The molecular weight excluding hydrogens is 392 g/mol. The number of carbonyl (C=O) groups excluding carboxylic acids is 1. The van der Waals surface area contributed by atoms with Crippen LogP contribution in [0, 0.1) is 0 Å². The van der Waals surface area contributed by atoms with Crippen LogP contribution in [-0.2, 0) is 4.79 Å². The number of para-hydroxylation sites is 2. The summed E-state index contributed by atoms with van der Waals surface area (Å²) in [5, 5.41) is 6.23. The highest BCUT2D eigenvalue weighted by Crippen LogP contribution is 2.25. The Morgan fingerprint density at radius 2 is 1.45 bits per heavy atom. The van der Waals surface area contributed by atoms with Crippen molar-refractivity contribution in [3.63, 3.8) is 0 Å². The average Bonchev–Trinajstić information content (AvgIpc) is 2.83. The Labute approximate surface area is 183 Å². The van der Waals surface area contributed by atoms with Crippen molar-refractivity contribution in [3.8, 4) is 17.2 Å². The molecule has 3 aromatic rings. The highest BCUT2D eigenvalue weighted by Gasteiger charge is 2.16. The molecule has 0 aliphatic carbocycles. The fourth-order valence-electron chi connectivity index (χ4n) is 3.19. The van der Waals surface area contributed by atoms with Crippen LogP contribution in [0.2, 0.25) is 0 Å². The lowest BCUT2D eigenvalue weighted by Crippen LogP contribution is -2.38. The molecule has 0 aliphatic rings. The number of hydrogen-bond acceptors (Lipinski definition) is 5. The minimum Gasteiger partial charge on any atom is -0.497 e. The van der Waals surface area contributed by atoms with Gasteiger partial charge < -0.3 is 24.8 Å². The second-order valence-corrected chi connectivity index (χ2v) is 6.86. The van der Waals surface area contributed by atoms with E-state index in [1.807, 2.05) is 78.9 Å². The van der Waals surface area contributed by atoms with Gasteiger partial charge in [0.05, 0.1) is 26.8 Å². The van der Waals surface area contributed by atoms with E-state index in [1.54, 1.807) is 14.2 Å². The molecular formula is C25H28N2O4. The first-order valence-corrected chi connectivity index (χ1v) is 10.2. The van der Waals surface area contributed by atoms with Gasteiger partial charge >= 0.3 is 0 Å². The summed E-state index contributed by atoms with van der Waals surface area (Å²) in [6, 6.07) is 24.8. The predicted octanol–water partition coefficient (Wildman–Crippen LogP) is 3.58. The lowest BCUT2D eigenvalue weighted by molar-refractivity contribution is -0.120. The summed E-state index contributed by atoms with van der Waals surface area (Å²) in [5.41, 5.74) is 2.00. The van der Waals surface area contributed by atoms with Gasteiger partial charge in [-0.25, -0.2) is 0 Å². The van der Waals surface area contributed by atoms with Gasteiger partial charge in [-0.15, -0.1) is 0 Å². The standard InChI is InChI=1S/C25H28N2O4/c1-29-21-14-12-20(13-15-21)25(19-8-4-3-5-9-19)27-24(28)18-26-16-17-31-23-11-7-6-10-22(23)30-2/h3-15,25-26H,16-18H2,1-2H3,(H,27,28)/t25-/m1/s1. The third kappa shape index (κ3) is 6.49. The van der Waals surface area contributed by atoms with Crippen LogP contribution in [0.5, 0.6) is 17.2 Å². The Morgan fingerprint density at radius 3 is 2.13 bits per heavy atom. The van der Waals surface area contributed by atoms with Crippen molar-refractivity contribution in [3.05, 3.63) is 90.0 Å². The minimum atomic E-state index is -0.244. The highest BCUT2D eigenvalue weighted by atomic mass is 16.5. The Kier molecular flexibility index (Phi) is 8.31. The number of benzene rings is 3. The van der Waals surface area contributed by atoms with E-state index in [9.17, 15) is 4.79 Å². The summed E-state index contributed by atoms with van der Waals surface area (Å²) in [6.07, 6.45) is 0. The normalized spacial score (nSPS) is 11.4. The molecule has 0 saturated heterocycles. The van der Waals surface area contributed by atoms with Gasteiger partial charge in [0.25, 0.3) is 0 Å². The molecule has 1 amide bonds. The maximum absolute atomic E-state index is 12.6. The van der Waals surface area contributed by atoms with Gasteiger partial charge in [0.15, 0.2) is 11.5 Å². The molecule has 2 N–H and O–H groups in total. The zero-order valence-electron chi connectivity index (χ0n) is 17.8. The second kappa shape index (κ2) is 11.6. The van der Waals surface area contributed by atoms with Crippen LogP contribution in [0.3, 0.4) is 0 Å². The Morgan fingerprint density at radius 1 is 0.806 bits per heavy atom. The summed E-state index contributed by atoms with van der Waals surface area (Å²) in [6.45, 7) is 1.15. The van der Waals surface area contributed by atoms with E-state index in [0.29, 0.717) is 24.7 Å². The SMILES string of the molecule is COc1ccc([C@H](NC(=O)CNCCOc2ccccc2OC)c2ccccc2)cc1. The fourth-order valence-corrected chi connectivity index (χ4v) is 3.19. The van der Waals surface area contributed by atoms with Gasteiger partial charge in [-0.05, 0) is 35.4 Å². The van der Waals surface area contributed by atoms with Crippen LogP contribution in [0.1, 0.15) is 17.2 Å². The zero-order chi connectivity index (χ0) is 21.9. The van der Waals surface area contributed by atoms with Crippen LogP contribution in [0.15, 0.2) is 78.9 Å². The Balaban J connectivity index is 1.53. The molecule has 0 heterocycles. The van der Waals surface area contributed by atoms with Crippen molar-refractivity contribution in [1.29, 1.82) is 0 Å². The van der Waals surface area contributed by atoms with Gasteiger partial charge in [0.1, 0.15) is 12.4 Å². The van der Waals surface area contributed by atoms with Crippen molar-refractivity contribution in [2.45, 2.75) is 6.04 Å². The molecule has 0 radical (unpaired) electrons. The van der Waals surface area contributed by atoms with Gasteiger partial charge in [0, 0.05) is 6.54 Å².